The van der Waals surface area contributed by atoms with Gasteiger partial charge in [0.25, 0.3) is 0 Å². The zero-order chi connectivity index (χ0) is 10.6. The van der Waals surface area contributed by atoms with Crippen LogP contribution in [0.3, 0.4) is 0 Å². The molecule has 4 heteroatoms. The summed E-state index contributed by atoms with van der Waals surface area (Å²) in [6.45, 7) is 5.06. The average molecular weight is 197 g/mol. The predicted octanol–water partition coefficient (Wildman–Crippen LogP) is 1.50. The van der Waals surface area contributed by atoms with Crippen LogP contribution < -0.4 is 5.32 Å². The first-order chi connectivity index (χ1) is 6.65. The summed E-state index contributed by atoms with van der Waals surface area (Å²) in [4.78, 5) is 0. The molecule has 0 aliphatic carbocycles. The topological polar surface area (TPSA) is 39.1 Å². The van der Waals surface area contributed by atoms with E-state index >= 15 is 0 Å². The zero-order valence-corrected chi connectivity index (χ0v) is 9.32. The van der Waals surface area contributed by atoms with Crippen LogP contribution in [0.25, 0.3) is 0 Å². The van der Waals surface area contributed by atoms with Gasteiger partial charge < -0.3 is 10.1 Å². The highest BCUT2D eigenvalue weighted by Gasteiger charge is 2.13. The quantitative estimate of drug-likeness (QED) is 0.777. The normalized spacial score (nSPS) is 13.2. The van der Waals surface area contributed by atoms with E-state index in [4.69, 9.17) is 4.74 Å². The van der Waals surface area contributed by atoms with Crippen molar-refractivity contribution in [3.8, 4) is 0 Å². The van der Waals surface area contributed by atoms with E-state index < -0.39 is 0 Å². The summed E-state index contributed by atoms with van der Waals surface area (Å²) in [5.41, 5.74) is 0. The second-order valence-corrected chi connectivity index (χ2v) is 3.79. The number of rotatable bonds is 5. The highest BCUT2D eigenvalue weighted by molar-refractivity contribution is 5.34. The van der Waals surface area contributed by atoms with Crippen molar-refractivity contribution in [1.29, 1.82) is 0 Å². The Labute approximate surface area is 85.3 Å². The zero-order valence-electron chi connectivity index (χ0n) is 9.32. The van der Waals surface area contributed by atoms with Crippen LogP contribution in [0.4, 0.5) is 5.82 Å². The van der Waals surface area contributed by atoms with Crippen molar-refractivity contribution >= 4 is 5.82 Å². The van der Waals surface area contributed by atoms with Crippen molar-refractivity contribution in [2.45, 2.75) is 19.9 Å². The average Bonchev–Trinajstić information content (AvgIpc) is 2.51. The van der Waals surface area contributed by atoms with Crippen LogP contribution in [-0.2, 0) is 11.8 Å². The van der Waals surface area contributed by atoms with Crippen molar-refractivity contribution in [2.75, 3.05) is 19.0 Å². The number of anilines is 1. The molecule has 1 aromatic rings. The summed E-state index contributed by atoms with van der Waals surface area (Å²) in [6, 6.07) is 2.29. The third kappa shape index (κ3) is 2.73. The molecule has 0 aliphatic rings. The molecule has 0 saturated heterocycles. The molecule has 0 bridgehead atoms. The molecule has 1 N–H and O–H groups in total. The molecule has 0 aromatic carbocycles. The van der Waals surface area contributed by atoms with Gasteiger partial charge >= 0.3 is 0 Å². The molecule has 14 heavy (non-hydrogen) atoms. The second-order valence-electron chi connectivity index (χ2n) is 3.79. The van der Waals surface area contributed by atoms with Gasteiger partial charge in [0.1, 0.15) is 5.82 Å². The van der Waals surface area contributed by atoms with Crippen LogP contribution in [0.2, 0.25) is 0 Å². The summed E-state index contributed by atoms with van der Waals surface area (Å²) >= 11 is 0. The standard InChI is InChI=1S/C10H19N3O/c1-8(2)9(7-14-4)12-10-5-6-11-13(10)3/h5-6,8-9,12H,7H2,1-4H3. The Kier molecular flexibility index (Phi) is 3.95. The highest BCUT2D eigenvalue weighted by Crippen LogP contribution is 2.11. The Morgan fingerprint density at radius 2 is 2.29 bits per heavy atom. The first-order valence-corrected chi connectivity index (χ1v) is 4.88. The number of nitrogens with one attached hydrogen (secondary N) is 1. The molecule has 1 unspecified atom stereocenters. The van der Waals surface area contributed by atoms with Gasteiger partial charge in [-0.3, -0.25) is 4.68 Å². The maximum atomic E-state index is 5.16. The first kappa shape index (κ1) is 11.0. The Balaban J connectivity index is 2.60. The summed E-state index contributed by atoms with van der Waals surface area (Å²) < 4.78 is 6.99. The number of ether oxygens (including phenoxy) is 1. The van der Waals surface area contributed by atoms with E-state index in [0.717, 1.165) is 5.82 Å². The molecule has 0 radical (unpaired) electrons. The van der Waals surface area contributed by atoms with Crippen LogP contribution in [0.5, 0.6) is 0 Å². The largest absolute Gasteiger partial charge is 0.383 e. The Bertz CT molecular complexity index is 270. The van der Waals surface area contributed by atoms with Crippen LogP contribution in [0.15, 0.2) is 12.3 Å². The van der Waals surface area contributed by atoms with Gasteiger partial charge in [0, 0.05) is 20.2 Å². The van der Waals surface area contributed by atoms with Gasteiger partial charge in [-0.25, -0.2) is 0 Å². The maximum absolute atomic E-state index is 5.16. The van der Waals surface area contributed by atoms with Crippen LogP contribution in [0.1, 0.15) is 13.8 Å². The number of hydrogen-bond acceptors (Lipinski definition) is 3. The first-order valence-electron chi connectivity index (χ1n) is 4.88. The van der Waals surface area contributed by atoms with Crippen LogP contribution in [0, 0.1) is 5.92 Å². The number of aromatic nitrogens is 2. The molecule has 4 nitrogen and oxygen atoms in total. The fraction of sp³-hybridized carbons (Fsp3) is 0.700. The molecule has 80 valence electrons. The molecule has 0 saturated carbocycles. The van der Waals surface area contributed by atoms with E-state index in [1.807, 2.05) is 17.8 Å². The van der Waals surface area contributed by atoms with Crippen molar-refractivity contribution in [3.63, 3.8) is 0 Å². The minimum Gasteiger partial charge on any atom is -0.383 e. The number of hydrogen-bond donors (Lipinski definition) is 1. The van der Waals surface area contributed by atoms with Gasteiger partial charge in [0.15, 0.2) is 0 Å². The SMILES string of the molecule is COCC(Nc1ccnn1C)C(C)C. The van der Waals surface area contributed by atoms with E-state index in [1.165, 1.54) is 0 Å². The van der Waals surface area contributed by atoms with Gasteiger partial charge in [-0.15, -0.1) is 0 Å². The lowest BCUT2D eigenvalue weighted by molar-refractivity contribution is 0.171. The van der Waals surface area contributed by atoms with Gasteiger partial charge in [0.05, 0.1) is 18.8 Å². The molecule has 1 heterocycles. The van der Waals surface area contributed by atoms with Gasteiger partial charge in [0.2, 0.25) is 0 Å². The van der Waals surface area contributed by atoms with Crippen LogP contribution >= 0.6 is 0 Å². The third-order valence-corrected chi connectivity index (χ3v) is 2.31. The summed E-state index contributed by atoms with van der Waals surface area (Å²) in [7, 11) is 3.65. The lowest BCUT2D eigenvalue weighted by Gasteiger charge is -2.22. The second kappa shape index (κ2) is 5.00. The monoisotopic (exact) mass is 197 g/mol. The lowest BCUT2D eigenvalue weighted by Crippen LogP contribution is -2.31. The maximum Gasteiger partial charge on any atom is 0.124 e. The minimum absolute atomic E-state index is 0.329. The molecule has 0 spiro atoms. The molecule has 1 atom stereocenters. The number of aryl methyl sites for hydroxylation is 1. The summed E-state index contributed by atoms with van der Waals surface area (Å²) in [6.07, 6.45) is 1.78. The molecule has 1 rings (SSSR count). The molecule has 0 amide bonds. The van der Waals surface area contributed by atoms with E-state index in [9.17, 15) is 0 Å². The lowest BCUT2D eigenvalue weighted by atomic mass is 10.1. The smallest absolute Gasteiger partial charge is 0.124 e. The van der Waals surface area contributed by atoms with Crippen LogP contribution in [-0.4, -0.2) is 29.5 Å². The Hall–Kier alpha value is -1.03. The van der Waals surface area contributed by atoms with Gasteiger partial charge in [-0.2, -0.15) is 5.10 Å². The molecule has 1 aromatic heterocycles. The van der Waals surface area contributed by atoms with Crippen molar-refractivity contribution < 1.29 is 4.74 Å². The molecule has 0 aliphatic heterocycles. The summed E-state index contributed by atoms with van der Waals surface area (Å²) in [5, 5.41) is 7.51. The Morgan fingerprint density at radius 3 is 2.71 bits per heavy atom. The number of nitrogens with zero attached hydrogens (tertiary/aromatic N) is 2. The highest BCUT2D eigenvalue weighted by atomic mass is 16.5. The Morgan fingerprint density at radius 1 is 1.57 bits per heavy atom. The summed E-state index contributed by atoms with van der Waals surface area (Å²) in [5.74, 6) is 1.56. The van der Waals surface area contributed by atoms with E-state index in [2.05, 4.69) is 24.3 Å². The van der Waals surface area contributed by atoms with Gasteiger partial charge in [-0.1, -0.05) is 13.8 Å². The minimum atomic E-state index is 0.329. The van der Waals surface area contributed by atoms with Crippen molar-refractivity contribution in [2.24, 2.45) is 13.0 Å². The number of methoxy groups -OCH3 is 1. The fourth-order valence-electron chi connectivity index (χ4n) is 1.29. The van der Waals surface area contributed by atoms with E-state index in [-0.39, 0.29) is 0 Å². The fourth-order valence-corrected chi connectivity index (χ4v) is 1.29. The van der Waals surface area contributed by atoms with Crippen molar-refractivity contribution in [3.05, 3.63) is 12.3 Å². The van der Waals surface area contributed by atoms with Gasteiger partial charge in [-0.05, 0) is 5.92 Å². The predicted molar refractivity (Wildman–Crippen MR) is 57.3 cm³/mol. The molecular weight excluding hydrogens is 178 g/mol. The molecular formula is C10H19N3O. The molecule has 0 fully saturated rings. The third-order valence-electron chi connectivity index (χ3n) is 2.31. The van der Waals surface area contributed by atoms with E-state index in [1.54, 1.807) is 13.3 Å². The van der Waals surface area contributed by atoms with Crippen molar-refractivity contribution in [1.82, 2.24) is 9.78 Å². The van der Waals surface area contributed by atoms with E-state index in [0.29, 0.717) is 18.6 Å².